The highest BCUT2D eigenvalue weighted by atomic mass is 16.2. The Hall–Kier alpha value is -1.14. The first kappa shape index (κ1) is 12.9. The van der Waals surface area contributed by atoms with Crippen LogP contribution in [0.5, 0.6) is 0 Å². The summed E-state index contributed by atoms with van der Waals surface area (Å²) in [7, 11) is 0. The first-order valence-electron chi connectivity index (χ1n) is 5.41. The lowest BCUT2D eigenvalue weighted by atomic mass is 9.91. The average molecular weight is 228 g/mol. The molecule has 6 nitrogen and oxygen atoms in total. The quantitative estimate of drug-likeness (QED) is 0.322. The van der Waals surface area contributed by atoms with Crippen LogP contribution in [0, 0.1) is 5.41 Å². The Bertz CT molecular complexity index is 291. The Morgan fingerprint density at radius 3 is 2.88 bits per heavy atom. The second-order valence-corrected chi connectivity index (χ2v) is 4.79. The van der Waals surface area contributed by atoms with E-state index < -0.39 is 5.41 Å². The van der Waals surface area contributed by atoms with Crippen LogP contribution in [0.25, 0.3) is 0 Å². The molecule has 0 spiro atoms. The number of carbonyl (C=O) groups excluding carboxylic acids is 2. The summed E-state index contributed by atoms with van der Waals surface area (Å²) in [5, 5.41) is 2.78. The van der Waals surface area contributed by atoms with Crippen LogP contribution in [0.3, 0.4) is 0 Å². The number of nitrogens with one attached hydrogen (secondary N) is 2. The normalized spacial score (nSPS) is 22.8. The third kappa shape index (κ3) is 2.70. The first-order chi connectivity index (χ1) is 7.38. The SMILES string of the molecule is CC1C(=O)NCCN1CC(C)(C)C(=O)NN. The molecule has 0 aromatic heterocycles. The topological polar surface area (TPSA) is 87.5 Å². The molecule has 0 aromatic rings. The molecular weight excluding hydrogens is 208 g/mol. The number of piperazine rings is 1. The summed E-state index contributed by atoms with van der Waals surface area (Å²) in [6.45, 7) is 7.37. The van der Waals surface area contributed by atoms with Crippen LogP contribution in [0.2, 0.25) is 0 Å². The molecule has 0 aliphatic carbocycles. The fourth-order valence-corrected chi connectivity index (χ4v) is 1.82. The van der Waals surface area contributed by atoms with Crippen LogP contribution in [-0.2, 0) is 9.59 Å². The average Bonchev–Trinajstić information content (AvgIpc) is 2.23. The zero-order valence-corrected chi connectivity index (χ0v) is 10.0. The predicted octanol–water partition coefficient (Wildman–Crippen LogP) is -1.18. The van der Waals surface area contributed by atoms with Crippen molar-refractivity contribution in [1.82, 2.24) is 15.6 Å². The number of nitrogens with zero attached hydrogens (tertiary/aromatic N) is 1. The molecule has 1 aliphatic rings. The number of hydrogen-bond donors (Lipinski definition) is 3. The maximum atomic E-state index is 11.5. The summed E-state index contributed by atoms with van der Waals surface area (Å²) in [6, 6.07) is -0.196. The molecule has 16 heavy (non-hydrogen) atoms. The van der Waals surface area contributed by atoms with E-state index in [0.717, 1.165) is 6.54 Å². The van der Waals surface area contributed by atoms with E-state index in [1.165, 1.54) is 0 Å². The molecule has 1 unspecified atom stereocenters. The van der Waals surface area contributed by atoms with Crippen LogP contribution in [0.15, 0.2) is 0 Å². The number of hydrazine groups is 1. The van der Waals surface area contributed by atoms with Crippen LogP contribution < -0.4 is 16.6 Å². The van der Waals surface area contributed by atoms with E-state index in [1.54, 1.807) is 0 Å². The maximum absolute atomic E-state index is 11.5. The molecular formula is C10H20N4O2. The van der Waals surface area contributed by atoms with Gasteiger partial charge >= 0.3 is 0 Å². The minimum Gasteiger partial charge on any atom is -0.353 e. The number of hydrogen-bond acceptors (Lipinski definition) is 4. The summed E-state index contributed by atoms with van der Waals surface area (Å²) < 4.78 is 0. The van der Waals surface area contributed by atoms with E-state index in [9.17, 15) is 9.59 Å². The standard InChI is InChI=1S/C10H20N4O2/c1-7-8(15)12-4-5-14(7)6-10(2,3)9(16)13-11/h7H,4-6,11H2,1-3H3,(H,12,15)(H,13,16). The number of amides is 2. The van der Waals surface area contributed by atoms with Gasteiger partial charge in [-0.05, 0) is 20.8 Å². The molecule has 1 aliphatic heterocycles. The van der Waals surface area contributed by atoms with Gasteiger partial charge in [0.15, 0.2) is 0 Å². The Labute approximate surface area is 95.5 Å². The first-order valence-corrected chi connectivity index (χ1v) is 5.41. The summed E-state index contributed by atoms with van der Waals surface area (Å²) in [5.74, 6) is 4.92. The molecule has 0 aromatic carbocycles. The monoisotopic (exact) mass is 228 g/mol. The Kier molecular flexibility index (Phi) is 3.88. The molecule has 1 fully saturated rings. The second-order valence-electron chi connectivity index (χ2n) is 4.79. The number of rotatable bonds is 3. The summed E-state index contributed by atoms with van der Waals surface area (Å²) in [6.07, 6.45) is 0. The van der Waals surface area contributed by atoms with Gasteiger partial charge in [0, 0.05) is 19.6 Å². The zero-order chi connectivity index (χ0) is 12.3. The van der Waals surface area contributed by atoms with Gasteiger partial charge in [-0.3, -0.25) is 19.9 Å². The second kappa shape index (κ2) is 4.80. The van der Waals surface area contributed by atoms with Crippen molar-refractivity contribution < 1.29 is 9.59 Å². The molecule has 92 valence electrons. The van der Waals surface area contributed by atoms with Gasteiger partial charge in [0.1, 0.15) is 0 Å². The molecule has 0 radical (unpaired) electrons. The largest absolute Gasteiger partial charge is 0.353 e. The highest BCUT2D eigenvalue weighted by Gasteiger charge is 2.34. The van der Waals surface area contributed by atoms with Gasteiger partial charge in [-0.25, -0.2) is 5.84 Å². The van der Waals surface area contributed by atoms with Gasteiger partial charge in [-0.15, -0.1) is 0 Å². The molecule has 0 bridgehead atoms. The van der Waals surface area contributed by atoms with Gasteiger partial charge < -0.3 is 5.32 Å². The Morgan fingerprint density at radius 2 is 2.31 bits per heavy atom. The third-order valence-electron chi connectivity index (χ3n) is 2.97. The van der Waals surface area contributed by atoms with Crippen molar-refractivity contribution in [2.45, 2.75) is 26.8 Å². The van der Waals surface area contributed by atoms with Crippen LogP contribution >= 0.6 is 0 Å². The molecule has 1 heterocycles. The minimum absolute atomic E-state index is 0.00945. The van der Waals surface area contributed by atoms with E-state index in [-0.39, 0.29) is 17.9 Å². The lowest BCUT2D eigenvalue weighted by molar-refractivity contribution is -0.135. The number of nitrogens with two attached hydrogens (primary N) is 1. The van der Waals surface area contributed by atoms with Gasteiger partial charge in [-0.1, -0.05) is 0 Å². The van der Waals surface area contributed by atoms with E-state index in [4.69, 9.17) is 5.84 Å². The third-order valence-corrected chi connectivity index (χ3v) is 2.97. The molecule has 0 saturated carbocycles. The zero-order valence-electron chi connectivity index (χ0n) is 10.0. The smallest absolute Gasteiger partial charge is 0.240 e. The molecule has 4 N–H and O–H groups in total. The molecule has 2 amide bonds. The van der Waals surface area contributed by atoms with Crippen LogP contribution in [0.4, 0.5) is 0 Å². The van der Waals surface area contributed by atoms with Crippen molar-refractivity contribution in [1.29, 1.82) is 0 Å². The lowest BCUT2D eigenvalue weighted by Gasteiger charge is -2.37. The van der Waals surface area contributed by atoms with E-state index in [2.05, 4.69) is 10.7 Å². The van der Waals surface area contributed by atoms with Crippen molar-refractivity contribution in [3.8, 4) is 0 Å². The molecule has 1 rings (SSSR count). The minimum atomic E-state index is -0.597. The summed E-state index contributed by atoms with van der Waals surface area (Å²) >= 11 is 0. The fraction of sp³-hybridized carbons (Fsp3) is 0.800. The van der Waals surface area contributed by atoms with Crippen molar-refractivity contribution in [2.75, 3.05) is 19.6 Å². The molecule has 1 saturated heterocycles. The Morgan fingerprint density at radius 1 is 1.69 bits per heavy atom. The highest BCUT2D eigenvalue weighted by Crippen LogP contribution is 2.19. The van der Waals surface area contributed by atoms with Crippen molar-refractivity contribution in [2.24, 2.45) is 11.3 Å². The van der Waals surface area contributed by atoms with Gasteiger partial charge in [-0.2, -0.15) is 0 Å². The molecule has 1 atom stereocenters. The van der Waals surface area contributed by atoms with Crippen LogP contribution in [0.1, 0.15) is 20.8 Å². The van der Waals surface area contributed by atoms with E-state index >= 15 is 0 Å². The summed E-state index contributed by atoms with van der Waals surface area (Å²) in [4.78, 5) is 25.0. The highest BCUT2D eigenvalue weighted by molar-refractivity contribution is 5.83. The predicted molar refractivity (Wildman–Crippen MR) is 60.2 cm³/mol. The molecule has 6 heteroatoms. The van der Waals surface area contributed by atoms with E-state index in [0.29, 0.717) is 13.1 Å². The fourth-order valence-electron chi connectivity index (χ4n) is 1.82. The van der Waals surface area contributed by atoms with Gasteiger partial charge in [0.25, 0.3) is 0 Å². The number of carbonyl (C=O) groups is 2. The van der Waals surface area contributed by atoms with Gasteiger partial charge in [0.05, 0.1) is 11.5 Å². The van der Waals surface area contributed by atoms with Crippen molar-refractivity contribution in [3.05, 3.63) is 0 Å². The Balaban J connectivity index is 2.65. The summed E-state index contributed by atoms with van der Waals surface area (Å²) in [5.41, 5.74) is 1.56. The lowest BCUT2D eigenvalue weighted by Crippen LogP contribution is -2.57. The van der Waals surface area contributed by atoms with Crippen molar-refractivity contribution >= 4 is 11.8 Å². The van der Waals surface area contributed by atoms with Crippen LogP contribution in [-0.4, -0.2) is 42.4 Å². The maximum Gasteiger partial charge on any atom is 0.240 e. The van der Waals surface area contributed by atoms with Crippen molar-refractivity contribution in [3.63, 3.8) is 0 Å². The van der Waals surface area contributed by atoms with E-state index in [1.807, 2.05) is 25.7 Å². The van der Waals surface area contributed by atoms with Gasteiger partial charge in [0.2, 0.25) is 11.8 Å².